The van der Waals surface area contributed by atoms with Gasteiger partial charge in [0.15, 0.2) is 16.5 Å². The summed E-state index contributed by atoms with van der Waals surface area (Å²) in [5.41, 5.74) is 0.418. The Bertz CT molecular complexity index is 689. The molecule has 2 atom stereocenters. The molecular formula is C17H19NO4S. The molecule has 0 radical (unpaired) electrons. The number of thiazole rings is 1. The quantitative estimate of drug-likeness (QED) is 0.776. The second kappa shape index (κ2) is 5.76. The summed E-state index contributed by atoms with van der Waals surface area (Å²) >= 11 is 1.39. The van der Waals surface area contributed by atoms with Gasteiger partial charge in [-0.15, -0.1) is 11.3 Å². The van der Waals surface area contributed by atoms with Crippen molar-refractivity contribution in [2.45, 2.75) is 44.8 Å². The first-order valence-electron chi connectivity index (χ1n) is 8.05. The van der Waals surface area contributed by atoms with Crippen LogP contribution in [0.15, 0.2) is 28.2 Å². The minimum atomic E-state index is -0.342. The number of esters is 1. The molecule has 2 saturated carbocycles. The average Bonchev–Trinajstić information content (AvgIpc) is 3.14. The lowest BCUT2D eigenvalue weighted by atomic mass is 9.52. The van der Waals surface area contributed by atoms with Crippen molar-refractivity contribution in [2.75, 3.05) is 6.61 Å². The number of nitrogens with zero attached hydrogens (tertiary/aromatic N) is 1. The number of rotatable bonds is 5. The molecular weight excluding hydrogens is 314 g/mol. The largest absolute Gasteiger partial charge is 0.462 e. The smallest absolute Gasteiger partial charge is 0.358 e. The maximum atomic E-state index is 12.4. The third-order valence-corrected chi connectivity index (χ3v) is 5.91. The van der Waals surface area contributed by atoms with Gasteiger partial charge in [0.1, 0.15) is 6.10 Å². The molecule has 4 rings (SSSR count). The van der Waals surface area contributed by atoms with Crippen molar-refractivity contribution in [3.05, 3.63) is 29.5 Å². The van der Waals surface area contributed by atoms with Gasteiger partial charge in [0.2, 0.25) is 0 Å². The fourth-order valence-electron chi connectivity index (χ4n) is 3.61. The van der Waals surface area contributed by atoms with Gasteiger partial charge >= 0.3 is 5.97 Å². The van der Waals surface area contributed by atoms with Gasteiger partial charge in [-0.05, 0) is 31.9 Å². The highest BCUT2D eigenvalue weighted by Crippen LogP contribution is 2.58. The zero-order valence-corrected chi connectivity index (χ0v) is 13.8. The predicted octanol–water partition coefficient (Wildman–Crippen LogP) is 3.91. The lowest BCUT2D eigenvalue weighted by molar-refractivity contribution is -0.225. The van der Waals surface area contributed by atoms with Crippen molar-refractivity contribution in [1.82, 2.24) is 4.98 Å². The molecule has 2 fully saturated rings. The molecule has 6 heteroatoms. The van der Waals surface area contributed by atoms with Crippen LogP contribution in [0.4, 0.5) is 0 Å². The fourth-order valence-corrected chi connectivity index (χ4v) is 4.37. The zero-order chi connectivity index (χ0) is 15.9. The Morgan fingerprint density at radius 2 is 2.35 bits per heavy atom. The number of furan rings is 1. The van der Waals surface area contributed by atoms with Crippen LogP contribution in [0.3, 0.4) is 0 Å². The molecule has 0 amide bonds. The van der Waals surface area contributed by atoms with Crippen LogP contribution in [0.2, 0.25) is 0 Å². The first kappa shape index (κ1) is 14.9. The lowest BCUT2D eigenvalue weighted by Gasteiger charge is -2.59. The molecule has 122 valence electrons. The lowest BCUT2D eigenvalue weighted by Crippen LogP contribution is -2.63. The monoisotopic (exact) mass is 333 g/mol. The van der Waals surface area contributed by atoms with Gasteiger partial charge in [-0.3, -0.25) is 0 Å². The fraction of sp³-hybridized carbons (Fsp3) is 0.529. The van der Waals surface area contributed by atoms with Crippen molar-refractivity contribution in [3.8, 4) is 10.8 Å². The summed E-state index contributed by atoms with van der Waals surface area (Å²) in [4.78, 5) is 16.7. The Morgan fingerprint density at radius 1 is 1.48 bits per heavy atom. The van der Waals surface area contributed by atoms with Crippen LogP contribution in [-0.4, -0.2) is 29.8 Å². The van der Waals surface area contributed by atoms with E-state index in [1.807, 2.05) is 13.0 Å². The Kier molecular flexibility index (Phi) is 3.73. The standard InChI is InChI=1S/C17H19NO4S/c1-2-20-13-9-14(17(13)6-4-7-17)22-16(19)11-10-23-15(18-11)12-5-3-8-21-12/h3,5,8,10,13-14H,2,4,6-7,9H2,1H3/t13-,14+/m1/s1. The van der Waals surface area contributed by atoms with Crippen molar-refractivity contribution >= 4 is 17.3 Å². The van der Waals surface area contributed by atoms with Crippen LogP contribution in [0.5, 0.6) is 0 Å². The van der Waals surface area contributed by atoms with E-state index in [1.165, 1.54) is 17.8 Å². The number of carbonyl (C=O) groups is 1. The Balaban J connectivity index is 1.43. The van der Waals surface area contributed by atoms with Crippen LogP contribution in [0.25, 0.3) is 10.8 Å². The van der Waals surface area contributed by atoms with E-state index in [1.54, 1.807) is 17.7 Å². The van der Waals surface area contributed by atoms with E-state index < -0.39 is 0 Å². The summed E-state index contributed by atoms with van der Waals surface area (Å²) < 4.78 is 16.8. The van der Waals surface area contributed by atoms with E-state index in [9.17, 15) is 4.79 Å². The minimum Gasteiger partial charge on any atom is -0.462 e. The molecule has 1 spiro atoms. The normalized spacial score (nSPS) is 24.9. The summed E-state index contributed by atoms with van der Waals surface area (Å²) in [5, 5.41) is 2.42. The summed E-state index contributed by atoms with van der Waals surface area (Å²) in [6.07, 6.45) is 5.97. The number of hydrogen-bond acceptors (Lipinski definition) is 6. The molecule has 0 unspecified atom stereocenters. The Morgan fingerprint density at radius 3 is 3.00 bits per heavy atom. The Labute approximate surface area is 138 Å². The van der Waals surface area contributed by atoms with Gasteiger partial charge in [0, 0.05) is 23.8 Å². The summed E-state index contributed by atoms with van der Waals surface area (Å²) in [5.74, 6) is 0.329. The summed E-state index contributed by atoms with van der Waals surface area (Å²) in [7, 11) is 0. The topological polar surface area (TPSA) is 61.6 Å². The van der Waals surface area contributed by atoms with E-state index in [4.69, 9.17) is 13.9 Å². The van der Waals surface area contributed by atoms with Gasteiger partial charge in [-0.25, -0.2) is 9.78 Å². The maximum Gasteiger partial charge on any atom is 0.358 e. The van der Waals surface area contributed by atoms with Crippen molar-refractivity contribution in [2.24, 2.45) is 5.41 Å². The van der Waals surface area contributed by atoms with Gasteiger partial charge in [0.05, 0.1) is 12.4 Å². The molecule has 2 aliphatic carbocycles. The maximum absolute atomic E-state index is 12.4. The van der Waals surface area contributed by atoms with Crippen LogP contribution in [0, 0.1) is 5.41 Å². The van der Waals surface area contributed by atoms with E-state index >= 15 is 0 Å². The predicted molar refractivity (Wildman–Crippen MR) is 85.3 cm³/mol. The Hall–Kier alpha value is -1.66. The third kappa shape index (κ3) is 2.40. The van der Waals surface area contributed by atoms with E-state index in [2.05, 4.69) is 4.98 Å². The van der Waals surface area contributed by atoms with Gasteiger partial charge in [-0.2, -0.15) is 0 Å². The molecule has 2 aromatic heterocycles. The average molecular weight is 333 g/mol. The SMILES string of the molecule is CCO[C@@H]1C[C@H](OC(=O)c2csc(-c3ccco3)n2)C12CCC2. The van der Waals surface area contributed by atoms with Crippen LogP contribution < -0.4 is 0 Å². The van der Waals surface area contributed by atoms with Crippen LogP contribution in [0.1, 0.15) is 43.1 Å². The molecule has 0 aliphatic heterocycles. The first-order valence-corrected chi connectivity index (χ1v) is 8.93. The zero-order valence-electron chi connectivity index (χ0n) is 13.0. The highest BCUT2D eigenvalue weighted by atomic mass is 32.1. The van der Waals surface area contributed by atoms with Gasteiger partial charge in [0.25, 0.3) is 0 Å². The summed E-state index contributed by atoms with van der Waals surface area (Å²) in [6.45, 7) is 2.73. The van der Waals surface area contributed by atoms with Crippen LogP contribution in [-0.2, 0) is 9.47 Å². The molecule has 2 aliphatic rings. The molecule has 0 bridgehead atoms. The highest BCUT2D eigenvalue weighted by molar-refractivity contribution is 7.13. The van der Waals surface area contributed by atoms with E-state index in [0.717, 1.165) is 19.3 Å². The van der Waals surface area contributed by atoms with E-state index in [0.29, 0.717) is 23.1 Å². The molecule has 2 aromatic rings. The molecule has 0 N–H and O–H groups in total. The number of carbonyl (C=O) groups excluding carboxylic acids is 1. The third-order valence-electron chi connectivity index (χ3n) is 5.06. The minimum absolute atomic E-state index is 0.0333. The van der Waals surface area contributed by atoms with Crippen LogP contribution >= 0.6 is 11.3 Å². The van der Waals surface area contributed by atoms with Crippen molar-refractivity contribution in [1.29, 1.82) is 0 Å². The number of hydrogen-bond donors (Lipinski definition) is 0. The number of aromatic nitrogens is 1. The first-order chi connectivity index (χ1) is 11.2. The summed E-state index contributed by atoms with van der Waals surface area (Å²) in [6, 6.07) is 3.63. The second-order valence-electron chi connectivity index (χ2n) is 6.18. The molecule has 0 saturated heterocycles. The second-order valence-corrected chi connectivity index (χ2v) is 7.03. The molecule has 0 aromatic carbocycles. The van der Waals surface area contributed by atoms with E-state index in [-0.39, 0.29) is 23.6 Å². The number of ether oxygens (including phenoxy) is 2. The molecule has 5 nitrogen and oxygen atoms in total. The highest BCUT2D eigenvalue weighted by Gasteiger charge is 2.61. The molecule has 23 heavy (non-hydrogen) atoms. The molecule has 2 heterocycles. The van der Waals surface area contributed by atoms with Gasteiger partial charge in [-0.1, -0.05) is 6.42 Å². The van der Waals surface area contributed by atoms with Gasteiger partial charge < -0.3 is 13.9 Å². The van der Waals surface area contributed by atoms with Crippen molar-refractivity contribution < 1.29 is 18.7 Å². The van der Waals surface area contributed by atoms with Crippen molar-refractivity contribution in [3.63, 3.8) is 0 Å².